The smallest absolute Gasteiger partial charge is 0.267 e. The molecule has 0 saturated carbocycles. The highest BCUT2D eigenvalue weighted by Crippen LogP contribution is 2.28. The molecule has 3 rings (SSSR count). The van der Waals surface area contributed by atoms with Gasteiger partial charge >= 0.3 is 0 Å². The van der Waals surface area contributed by atoms with Crippen molar-refractivity contribution in [3.05, 3.63) is 63.6 Å². The molecule has 2 aromatic carbocycles. The van der Waals surface area contributed by atoms with E-state index in [0.717, 1.165) is 0 Å². The van der Waals surface area contributed by atoms with Crippen LogP contribution in [0.25, 0.3) is 6.08 Å². The monoisotopic (exact) mass is 498 g/mol. The predicted octanol–water partition coefficient (Wildman–Crippen LogP) is 2.75. The molecule has 0 aliphatic carbocycles. The van der Waals surface area contributed by atoms with Crippen molar-refractivity contribution in [2.45, 2.75) is 10.9 Å². The maximum Gasteiger partial charge on any atom is 0.267 e. The first-order valence-corrected chi connectivity index (χ1v) is 11.5. The first-order chi connectivity index (χ1) is 15.2. The van der Waals surface area contributed by atoms with Gasteiger partial charge in [0.2, 0.25) is 5.91 Å². The Kier molecular flexibility index (Phi) is 7.45. The van der Waals surface area contributed by atoms with E-state index in [0.29, 0.717) is 25.7 Å². The van der Waals surface area contributed by atoms with Crippen molar-refractivity contribution in [3.63, 3.8) is 0 Å². The van der Waals surface area contributed by atoms with Crippen molar-refractivity contribution in [2.75, 3.05) is 27.4 Å². The summed E-state index contributed by atoms with van der Waals surface area (Å²) >= 11 is 11.9. The molecule has 0 radical (unpaired) electrons. The second-order valence-electron chi connectivity index (χ2n) is 6.80. The SMILES string of the molecule is COCC1C(=O)NC/C(=C\c2cc(Cl)ccc2OC)C(=O)N1S(=O)(=O)c1ccc(Cl)cc1. The van der Waals surface area contributed by atoms with E-state index in [1.54, 1.807) is 18.2 Å². The number of rotatable bonds is 6. The van der Waals surface area contributed by atoms with E-state index in [9.17, 15) is 18.0 Å². The molecule has 0 aromatic heterocycles. The fraction of sp³-hybridized carbons (Fsp3) is 0.238. The number of nitrogens with zero attached hydrogens (tertiary/aromatic N) is 1. The number of benzene rings is 2. The van der Waals surface area contributed by atoms with Crippen LogP contribution in [-0.2, 0) is 24.3 Å². The third kappa shape index (κ3) is 4.91. The molecular weight excluding hydrogens is 479 g/mol. The van der Waals surface area contributed by atoms with Crippen LogP contribution in [-0.4, -0.2) is 58.0 Å². The highest BCUT2D eigenvalue weighted by atomic mass is 35.5. The van der Waals surface area contributed by atoms with Gasteiger partial charge < -0.3 is 14.8 Å². The van der Waals surface area contributed by atoms with Crippen LogP contribution in [0.2, 0.25) is 10.0 Å². The third-order valence-electron chi connectivity index (χ3n) is 4.73. The van der Waals surface area contributed by atoms with E-state index < -0.39 is 27.9 Å². The van der Waals surface area contributed by atoms with Crippen LogP contribution in [0.15, 0.2) is 52.9 Å². The number of hydrogen-bond donors (Lipinski definition) is 1. The summed E-state index contributed by atoms with van der Waals surface area (Å²) < 4.78 is 37.7. The summed E-state index contributed by atoms with van der Waals surface area (Å²) in [5.41, 5.74) is 0.474. The molecule has 1 aliphatic rings. The van der Waals surface area contributed by atoms with Crippen LogP contribution in [0.5, 0.6) is 5.75 Å². The Bertz CT molecular complexity index is 1170. The van der Waals surface area contributed by atoms with Gasteiger partial charge in [-0.25, -0.2) is 12.7 Å². The fourth-order valence-electron chi connectivity index (χ4n) is 3.18. The average molecular weight is 499 g/mol. The second-order valence-corrected chi connectivity index (χ2v) is 9.49. The first-order valence-electron chi connectivity index (χ1n) is 9.34. The van der Waals surface area contributed by atoms with Crippen molar-refractivity contribution >= 4 is 51.1 Å². The van der Waals surface area contributed by atoms with E-state index in [1.807, 2.05) is 0 Å². The van der Waals surface area contributed by atoms with Gasteiger partial charge in [0.1, 0.15) is 5.75 Å². The molecule has 0 bridgehead atoms. The highest BCUT2D eigenvalue weighted by Gasteiger charge is 2.43. The lowest BCUT2D eigenvalue weighted by Gasteiger charge is -2.27. The Morgan fingerprint density at radius 2 is 1.75 bits per heavy atom. The van der Waals surface area contributed by atoms with Gasteiger partial charge in [-0.3, -0.25) is 9.59 Å². The fourth-order valence-corrected chi connectivity index (χ4v) is 5.02. The van der Waals surface area contributed by atoms with E-state index in [2.05, 4.69) is 5.32 Å². The molecule has 8 nitrogen and oxygen atoms in total. The lowest BCUT2D eigenvalue weighted by molar-refractivity contribution is -0.132. The Morgan fingerprint density at radius 1 is 1.09 bits per heavy atom. The van der Waals surface area contributed by atoms with Gasteiger partial charge in [-0.15, -0.1) is 0 Å². The molecule has 1 unspecified atom stereocenters. The summed E-state index contributed by atoms with van der Waals surface area (Å²) in [6.07, 6.45) is 1.44. The van der Waals surface area contributed by atoms with E-state index in [-0.39, 0.29) is 23.6 Å². The Hall–Kier alpha value is -2.59. The number of hydrogen-bond acceptors (Lipinski definition) is 6. The van der Waals surface area contributed by atoms with E-state index >= 15 is 0 Å². The van der Waals surface area contributed by atoms with E-state index in [1.165, 1.54) is 44.6 Å². The van der Waals surface area contributed by atoms with Gasteiger partial charge in [0.25, 0.3) is 15.9 Å². The molecule has 11 heteroatoms. The Balaban J connectivity index is 2.15. The summed E-state index contributed by atoms with van der Waals surface area (Å²) in [5.74, 6) is -1.12. The molecular formula is C21H20Cl2N2O6S. The van der Waals surface area contributed by atoms with Gasteiger partial charge in [0.05, 0.1) is 18.6 Å². The highest BCUT2D eigenvalue weighted by molar-refractivity contribution is 7.89. The van der Waals surface area contributed by atoms with Gasteiger partial charge in [0, 0.05) is 34.8 Å². The maximum atomic E-state index is 13.5. The molecule has 1 aliphatic heterocycles. The van der Waals surface area contributed by atoms with Crippen molar-refractivity contribution in [1.29, 1.82) is 0 Å². The maximum absolute atomic E-state index is 13.5. The molecule has 2 aromatic rings. The normalized spacial score (nSPS) is 18.4. The Morgan fingerprint density at radius 3 is 2.38 bits per heavy atom. The molecule has 1 saturated heterocycles. The minimum atomic E-state index is -4.42. The second kappa shape index (κ2) is 9.91. The molecule has 1 heterocycles. The topological polar surface area (TPSA) is 102 Å². The van der Waals surface area contributed by atoms with Crippen LogP contribution in [0, 0.1) is 0 Å². The summed E-state index contributed by atoms with van der Waals surface area (Å²) in [4.78, 5) is 26.0. The lowest BCUT2D eigenvalue weighted by Crippen LogP contribution is -2.51. The van der Waals surface area contributed by atoms with Crippen molar-refractivity contribution in [2.24, 2.45) is 0 Å². The third-order valence-corrected chi connectivity index (χ3v) is 7.02. The molecule has 1 atom stereocenters. The zero-order chi connectivity index (χ0) is 23.5. The molecule has 1 fully saturated rings. The van der Waals surface area contributed by atoms with Gasteiger partial charge in [-0.05, 0) is 48.5 Å². The van der Waals surface area contributed by atoms with E-state index in [4.69, 9.17) is 32.7 Å². The predicted molar refractivity (Wildman–Crippen MR) is 120 cm³/mol. The standard InChI is InChI=1S/C21H20Cl2N2O6S/c1-30-12-18-20(26)24-11-14(9-13-10-16(23)5-8-19(13)31-2)21(27)25(18)32(28,29)17-6-3-15(22)4-7-17/h3-10,18H,11-12H2,1-2H3,(H,24,26)/b14-9+. The summed E-state index contributed by atoms with van der Waals surface area (Å²) in [6.45, 7) is -0.516. The molecule has 2 amide bonds. The van der Waals surface area contributed by atoms with Crippen LogP contribution in [0.1, 0.15) is 5.56 Å². The molecule has 1 N–H and O–H groups in total. The molecule has 170 valence electrons. The van der Waals surface area contributed by atoms with Crippen molar-refractivity contribution in [3.8, 4) is 5.75 Å². The van der Waals surface area contributed by atoms with Crippen LogP contribution in [0.3, 0.4) is 0 Å². The van der Waals surface area contributed by atoms with Crippen LogP contribution >= 0.6 is 23.2 Å². The first kappa shape index (κ1) is 24.1. The summed E-state index contributed by atoms with van der Waals surface area (Å²) in [7, 11) is -1.66. The number of carbonyl (C=O) groups excluding carboxylic acids is 2. The molecule has 32 heavy (non-hydrogen) atoms. The number of halogens is 2. The van der Waals surface area contributed by atoms with Gasteiger partial charge in [0.15, 0.2) is 6.04 Å². The number of nitrogens with one attached hydrogen (secondary N) is 1. The number of ether oxygens (including phenoxy) is 2. The van der Waals surface area contributed by atoms with Gasteiger partial charge in [-0.2, -0.15) is 0 Å². The largest absolute Gasteiger partial charge is 0.496 e. The van der Waals surface area contributed by atoms with Crippen molar-refractivity contribution < 1.29 is 27.5 Å². The minimum absolute atomic E-state index is 0.0232. The number of methoxy groups -OCH3 is 2. The number of sulfonamides is 1. The zero-order valence-electron chi connectivity index (χ0n) is 17.2. The van der Waals surface area contributed by atoms with Crippen molar-refractivity contribution in [1.82, 2.24) is 9.62 Å². The van der Waals surface area contributed by atoms with Crippen LogP contribution < -0.4 is 10.1 Å². The van der Waals surface area contributed by atoms with Crippen LogP contribution in [0.4, 0.5) is 0 Å². The summed E-state index contributed by atoms with van der Waals surface area (Å²) in [5, 5.41) is 3.30. The minimum Gasteiger partial charge on any atom is -0.496 e. The zero-order valence-corrected chi connectivity index (χ0v) is 19.5. The van der Waals surface area contributed by atoms with Gasteiger partial charge in [-0.1, -0.05) is 23.2 Å². The average Bonchev–Trinajstić information content (AvgIpc) is 2.86. The molecule has 0 spiro atoms. The quantitative estimate of drug-likeness (QED) is 0.614. The lowest BCUT2D eigenvalue weighted by atomic mass is 10.1. The number of amides is 2. The number of carbonyl (C=O) groups is 2. The Labute approximate surface area is 195 Å². The summed E-state index contributed by atoms with van der Waals surface area (Å²) in [6, 6.07) is 8.70.